The second-order valence-corrected chi connectivity index (χ2v) is 5.49. The molecule has 3 rings (SSSR count). The predicted octanol–water partition coefficient (Wildman–Crippen LogP) is 4.08. The van der Waals surface area contributed by atoms with Crippen molar-refractivity contribution >= 4 is 17.1 Å². The summed E-state index contributed by atoms with van der Waals surface area (Å²) in [5.74, 6) is -0.203. The Bertz CT molecular complexity index is 778. The van der Waals surface area contributed by atoms with E-state index in [2.05, 4.69) is 9.97 Å². The molecule has 0 saturated carbocycles. The molecular formula is C18H18N2O3. The highest BCUT2D eigenvalue weighted by Crippen LogP contribution is 2.23. The first-order valence-electron chi connectivity index (χ1n) is 7.75. The van der Waals surface area contributed by atoms with Crippen LogP contribution in [0, 0.1) is 0 Å². The van der Waals surface area contributed by atoms with Gasteiger partial charge in [-0.3, -0.25) is 9.78 Å². The highest BCUT2D eigenvalue weighted by atomic mass is 16.4. The summed E-state index contributed by atoms with van der Waals surface area (Å²) in [7, 11) is 0. The molecule has 1 aromatic carbocycles. The van der Waals surface area contributed by atoms with Crippen molar-refractivity contribution in [3.05, 3.63) is 48.2 Å². The van der Waals surface area contributed by atoms with Gasteiger partial charge in [-0.15, -0.1) is 0 Å². The molecule has 0 atom stereocenters. The minimum absolute atomic E-state index is 0.241. The SMILES string of the molecule is O=C(O)CCCCCc1ccnc(-c2nc3ccccc3o2)c1. The Morgan fingerprint density at radius 3 is 2.83 bits per heavy atom. The first-order valence-corrected chi connectivity index (χ1v) is 7.75. The standard InChI is InChI=1S/C18H18N2O3/c21-17(22)9-3-1-2-6-13-10-11-19-15(12-13)18-20-14-7-4-5-8-16(14)23-18/h4-5,7-8,10-12H,1-3,6,9H2,(H,21,22). The molecular weight excluding hydrogens is 292 g/mol. The number of aromatic nitrogens is 2. The van der Waals surface area contributed by atoms with Crippen LogP contribution in [0.2, 0.25) is 0 Å². The third kappa shape index (κ3) is 3.94. The molecule has 0 amide bonds. The van der Waals surface area contributed by atoms with Crippen LogP contribution in [-0.2, 0) is 11.2 Å². The molecule has 5 nitrogen and oxygen atoms in total. The lowest BCUT2D eigenvalue weighted by molar-refractivity contribution is -0.137. The summed E-state index contributed by atoms with van der Waals surface area (Å²) in [5.41, 5.74) is 3.46. The molecule has 0 unspecified atom stereocenters. The number of para-hydroxylation sites is 2. The number of hydrogen-bond donors (Lipinski definition) is 1. The Morgan fingerprint density at radius 2 is 2.00 bits per heavy atom. The summed E-state index contributed by atoms with van der Waals surface area (Å²) in [6, 6.07) is 11.6. The molecule has 2 aromatic heterocycles. The molecule has 23 heavy (non-hydrogen) atoms. The van der Waals surface area contributed by atoms with E-state index in [-0.39, 0.29) is 6.42 Å². The number of hydrogen-bond acceptors (Lipinski definition) is 4. The maximum atomic E-state index is 10.5. The third-order valence-electron chi connectivity index (χ3n) is 3.69. The average molecular weight is 310 g/mol. The quantitative estimate of drug-likeness (QED) is 0.665. The van der Waals surface area contributed by atoms with Crippen LogP contribution in [0.4, 0.5) is 0 Å². The molecule has 1 N–H and O–H groups in total. The number of aliphatic carboxylic acids is 1. The summed E-state index contributed by atoms with van der Waals surface area (Å²) in [5, 5.41) is 8.63. The summed E-state index contributed by atoms with van der Waals surface area (Å²) in [6.07, 6.45) is 5.49. The monoisotopic (exact) mass is 310 g/mol. The Hall–Kier alpha value is -2.69. The van der Waals surface area contributed by atoms with Gasteiger partial charge in [0.2, 0.25) is 5.89 Å². The van der Waals surface area contributed by atoms with Crippen molar-refractivity contribution in [3.8, 4) is 11.6 Å². The number of aryl methyl sites for hydroxylation is 1. The number of pyridine rings is 1. The molecule has 0 aliphatic carbocycles. The minimum atomic E-state index is -0.729. The molecule has 5 heteroatoms. The Kier molecular flexibility index (Phi) is 4.66. The molecule has 118 valence electrons. The van der Waals surface area contributed by atoms with E-state index in [9.17, 15) is 4.79 Å². The van der Waals surface area contributed by atoms with Gasteiger partial charge in [0.15, 0.2) is 5.58 Å². The van der Waals surface area contributed by atoms with Gasteiger partial charge in [0.25, 0.3) is 0 Å². The van der Waals surface area contributed by atoms with E-state index in [0.717, 1.165) is 48.0 Å². The summed E-state index contributed by atoms with van der Waals surface area (Å²) >= 11 is 0. The molecule has 0 bridgehead atoms. The highest BCUT2D eigenvalue weighted by molar-refractivity contribution is 5.75. The van der Waals surface area contributed by atoms with Crippen molar-refractivity contribution in [3.63, 3.8) is 0 Å². The van der Waals surface area contributed by atoms with Crippen LogP contribution in [0.5, 0.6) is 0 Å². The van der Waals surface area contributed by atoms with Crippen molar-refractivity contribution in [2.75, 3.05) is 0 Å². The summed E-state index contributed by atoms with van der Waals surface area (Å²) in [4.78, 5) is 19.3. The lowest BCUT2D eigenvalue weighted by Crippen LogP contribution is -1.94. The lowest BCUT2D eigenvalue weighted by Gasteiger charge is -2.02. The summed E-state index contributed by atoms with van der Waals surface area (Å²) in [6.45, 7) is 0. The fraction of sp³-hybridized carbons (Fsp3) is 0.278. The number of fused-ring (bicyclic) bond motifs is 1. The van der Waals surface area contributed by atoms with Crippen molar-refractivity contribution in [1.29, 1.82) is 0 Å². The van der Waals surface area contributed by atoms with Gasteiger partial charge in [-0.2, -0.15) is 0 Å². The zero-order chi connectivity index (χ0) is 16.1. The van der Waals surface area contributed by atoms with Gasteiger partial charge in [-0.05, 0) is 49.1 Å². The van der Waals surface area contributed by atoms with Gasteiger partial charge in [0.05, 0.1) is 0 Å². The molecule has 2 heterocycles. The van der Waals surface area contributed by atoms with Crippen LogP contribution in [0.15, 0.2) is 47.0 Å². The van der Waals surface area contributed by atoms with Crippen LogP contribution in [0.3, 0.4) is 0 Å². The number of benzene rings is 1. The van der Waals surface area contributed by atoms with Crippen molar-refractivity contribution < 1.29 is 14.3 Å². The molecule has 0 fully saturated rings. The molecule has 0 radical (unpaired) electrons. The van der Waals surface area contributed by atoms with Crippen LogP contribution in [0.1, 0.15) is 31.2 Å². The Morgan fingerprint density at radius 1 is 1.13 bits per heavy atom. The van der Waals surface area contributed by atoms with E-state index in [4.69, 9.17) is 9.52 Å². The van der Waals surface area contributed by atoms with Crippen molar-refractivity contribution in [2.24, 2.45) is 0 Å². The van der Waals surface area contributed by atoms with E-state index < -0.39 is 5.97 Å². The number of rotatable bonds is 7. The zero-order valence-corrected chi connectivity index (χ0v) is 12.7. The second kappa shape index (κ2) is 7.05. The van der Waals surface area contributed by atoms with E-state index >= 15 is 0 Å². The smallest absolute Gasteiger partial charge is 0.303 e. The van der Waals surface area contributed by atoms with E-state index in [1.54, 1.807) is 6.20 Å². The average Bonchev–Trinajstić information content (AvgIpc) is 2.99. The van der Waals surface area contributed by atoms with Gasteiger partial charge in [-0.1, -0.05) is 18.6 Å². The van der Waals surface area contributed by atoms with Crippen molar-refractivity contribution in [1.82, 2.24) is 9.97 Å². The van der Waals surface area contributed by atoms with Gasteiger partial charge >= 0.3 is 5.97 Å². The van der Waals surface area contributed by atoms with Gasteiger partial charge in [0.1, 0.15) is 11.2 Å². The summed E-state index contributed by atoms with van der Waals surface area (Å²) < 4.78 is 5.74. The van der Waals surface area contributed by atoms with Crippen LogP contribution < -0.4 is 0 Å². The number of oxazole rings is 1. The molecule has 3 aromatic rings. The fourth-order valence-corrected chi connectivity index (χ4v) is 2.51. The normalized spacial score (nSPS) is 11.0. The van der Waals surface area contributed by atoms with E-state index in [1.165, 1.54) is 0 Å². The van der Waals surface area contributed by atoms with E-state index in [0.29, 0.717) is 5.89 Å². The fourth-order valence-electron chi connectivity index (χ4n) is 2.51. The Labute approximate surface area is 134 Å². The van der Waals surface area contributed by atoms with Crippen LogP contribution in [-0.4, -0.2) is 21.0 Å². The Balaban J connectivity index is 1.66. The largest absolute Gasteiger partial charge is 0.481 e. The maximum absolute atomic E-state index is 10.5. The van der Waals surface area contributed by atoms with Gasteiger partial charge < -0.3 is 9.52 Å². The predicted molar refractivity (Wildman–Crippen MR) is 87.0 cm³/mol. The van der Waals surface area contributed by atoms with Crippen LogP contribution in [0.25, 0.3) is 22.7 Å². The van der Waals surface area contributed by atoms with Crippen molar-refractivity contribution in [2.45, 2.75) is 32.1 Å². The van der Waals surface area contributed by atoms with Gasteiger partial charge in [0, 0.05) is 12.6 Å². The van der Waals surface area contributed by atoms with Gasteiger partial charge in [-0.25, -0.2) is 4.98 Å². The number of carbonyl (C=O) groups is 1. The maximum Gasteiger partial charge on any atom is 0.303 e. The minimum Gasteiger partial charge on any atom is -0.481 e. The number of unbranched alkanes of at least 4 members (excludes halogenated alkanes) is 2. The number of nitrogens with zero attached hydrogens (tertiary/aromatic N) is 2. The number of carboxylic acid groups (broad SMARTS) is 1. The van der Waals surface area contributed by atoms with E-state index in [1.807, 2.05) is 36.4 Å². The first-order chi connectivity index (χ1) is 11.2. The molecule has 0 spiro atoms. The van der Waals surface area contributed by atoms with Crippen LogP contribution >= 0.6 is 0 Å². The molecule has 0 aliphatic rings. The zero-order valence-electron chi connectivity index (χ0n) is 12.7. The molecule has 0 aliphatic heterocycles. The molecule has 0 saturated heterocycles. The third-order valence-corrected chi connectivity index (χ3v) is 3.69. The topological polar surface area (TPSA) is 76.2 Å². The number of carboxylic acids is 1. The second-order valence-electron chi connectivity index (χ2n) is 5.49. The first kappa shape index (κ1) is 15.2. The highest BCUT2D eigenvalue weighted by Gasteiger charge is 2.09. The lowest BCUT2D eigenvalue weighted by atomic mass is 10.1.